The SMILES string of the molecule is CCCCC(CCCC)N1C(=O)c2ccc3c4ccc5c6c(ccc(c7ccc(c2c37)C1=O)c64)C(=O)N(N1C(=O)c2ccc3c4ccc6c7c(ccc(c8ccc(c2c38)C1=O)c74)C(=O)N(C(CCCC)CCCC)C6=O)C5=O. The van der Waals surface area contributed by atoms with Crippen LogP contribution in [0.3, 0.4) is 0 Å². The molecule has 0 unspecified atom stereocenters. The molecule has 0 N–H and O–H groups in total. The molecule has 8 amide bonds. The lowest BCUT2D eigenvalue weighted by Crippen LogP contribution is -2.58. The Kier molecular flexibility index (Phi) is 10.7. The van der Waals surface area contributed by atoms with E-state index in [2.05, 4.69) is 27.7 Å². The molecule has 0 aromatic heterocycles. The van der Waals surface area contributed by atoms with Gasteiger partial charge in [-0.1, -0.05) is 128 Å². The predicted octanol–water partition coefficient (Wildman–Crippen LogP) is 14.3. The maximum atomic E-state index is 15.1. The summed E-state index contributed by atoms with van der Waals surface area (Å²) in [4.78, 5) is 121. The summed E-state index contributed by atoms with van der Waals surface area (Å²) in [6, 6.07) is 28.1. The summed E-state index contributed by atoms with van der Waals surface area (Å²) in [5, 5.41) is 12.1. The van der Waals surface area contributed by atoms with Crippen LogP contribution in [0.5, 0.6) is 0 Å². The summed E-state index contributed by atoms with van der Waals surface area (Å²) in [6.07, 6.45) is 10.4. The number of hydrogen-bond donors (Lipinski definition) is 0. The Balaban J connectivity index is 0.854. The standard InChI is InChI=1S/C66H54N4O8/c1-5-9-13-33(14-10-6-2)67-59(71)43-25-17-35-39-21-29-47-57-48(30-22-40(53(39)57)36-18-26-44(60(67)72)55(43)51(35)36)64(76)69(63(47)75)70-65(77)49-31-23-41-37-19-27-45-56-46(62(74)68(61(45)73)34(15-11-7-3)16-12-8-4)28-20-38(52(37)56)42-24-32-50(66(70)78)58(49)54(41)42/h17-34H,5-16H2,1-4H3. The molecule has 14 rings (SSSR count). The van der Waals surface area contributed by atoms with Crippen molar-refractivity contribution in [1.82, 2.24) is 19.8 Å². The topological polar surface area (TPSA) is 150 Å². The number of benzene rings is 10. The van der Waals surface area contributed by atoms with Gasteiger partial charge in [-0.15, -0.1) is 0 Å². The third kappa shape index (κ3) is 6.16. The van der Waals surface area contributed by atoms with Crippen LogP contribution in [0.4, 0.5) is 0 Å². The summed E-state index contributed by atoms with van der Waals surface area (Å²) < 4.78 is 0. The van der Waals surface area contributed by atoms with E-state index in [0.717, 1.165) is 131 Å². The van der Waals surface area contributed by atoms with Crippen LogP contribution in [-0.4, -0.2) is 79.2 Å². The van der Waals surface area contributed by atoms with Crippen LogP contribution >= 0.6 is 0 Å². The van der Waals surface area contributed by atoms with Gasteiger partial charge in [0.25, 0.3) is 47.3 Å². The first-order valence-electron chi connectivity index (χ1n) is 27.9. The Labute approximate surface area is 448 Å². The van der Waals surface area contributed by atoms with Gasteiger partial charge in [0.15, 0.2) is 0 Å². The minimum Gasteiger partial charge on any atom is -0.271 e. The number of unbranched alkanes of at least 4 members (excludes halogenated alkanes) is 4. The lowest BCUT2D eigenvalue weighted by Gasteiger charge is -2.37. The average molecular weight is 1030 g/mol. The quantitative estimate of drug-likeness (QED) is 0.0559. The number of hydrazine groups is 1. The van der Waals surface area contributed by atoms with E-state index in [4.69, 9.17) is 0 Å². The van der Waals surface area contributed by atoms with E-state index < -0.39 is 23.6 Å². The third-order valence-electron chi connectivity index (χ3n) is 17.8. The second-order valence-electron chi connectivity index (χ2n) is 22.0. The highest BCUT2D eigenvalue weighted by molar-refractivity contribution is 6.44. The molecule has 0 radical (unpaired) electrons. The zero-order valence-electron chi connectivity index (χ0n) is 43.9. The maximum absolute atomic E-state index is 15.1. The Morgan fingerprint density at radius 3 is 0.615 bits per heavy atom. The zero-order chi connectivity index (χ0) is 53.7. The summed E-state index contributed by atoms with van der Waals surface area (Å²) in [7, 11) is 0. The van der Waals surface area contributed by atoms with Crippen LogP contribution in [-0.2, 0) is 0 Å². The van der Waals surface area contributed by atoms with Gasteiger partial charge in [-0.25, -0.2) is 0 Å². The van der Waals surface area contributed by atoms with Gasteiger partial charge < -0.3 is 0 Å². The van der Waals surface area contributed by atoms with Crippen molar-refractivity contribution in [2.45, 2.75) is 117 Å². The van der Waals surface area contributed by atoms with Gasteiger partial charge in [-0.05, 0) is 139 Å². The number of nitrogens with zero attached hydrogens (tertiary/aromatic N) is 4. The average Bonchev–Trinajstić information content (AvgIpc) is 2.58. The fraction of sp³-hybridized carbons (Fsp3) is 0.273. The van der Waals surface area contributed by atoms with Crippen molar-refractivity contribution < 1.29 is 38.4 Å². The highest BCUT2D eigenvalue weighted by atomic mass is 16.2. The molecular weight excluding hydrogens is 977 g/mol. The van der Waals surface area contributed by atoms with E-state index in [1.54, 1.807) is 72.8 Å². The highest BCUT2D eigenvalue weighted by Gasteiger charge is 2.47. The molecule has 10 aromatic rings. The van der Waals surface area contributed by atoms with Crippen molar-refractivity contribution in [3.8, 4) is 0 Å². The Morgan fingerprint density at radius 2 is 0.436 bits per heavy atom. The highest BCUT2D eigenvalue weighted by Crippen LogP contribution is 2.50. The van der Waals surface area contributed by atoms with Crippen molar-refractivity contribution in [2.24, 2.45) is 0 Å². The number of fused-ring (bicyclic) bond motifs is 4. The number of carbonyl (C=O) groups is 8. The summed E-state index contributed by atoms with van der Waals surface area (Å²) in [6.45, 7) is 8.43. The van der Waals surface area contributed by atoms with Crippen LogP contribution in [0, 0.1) is 0 Å². The number of imide groups is 4. The van der Waals surface area contributed by atoms with E-state index in [0.29, 0.717) is 64.6 Å². The van der Waals surface area contributed by atoms with Crippen molar-refractivity contribution in [2.75, 3.05) is 0 Å². The lowest BCUT2D eigenvalue weighted by molar-refractivity contribution is 0.00213. The molecule has 12 heteroatoms. The van der Waals surface area contributed by atoms with Crippen molar-refractivity contribution >= 4 is 133 Å². The minimum atomic E-state index is -0.835. The molecule has 0 spiro atoms. The molecule has 0 fully saturated rings. The van der Waals surface area contributed by atoms with E-state index in [9.17, 15) is 19.2 Å². The van der Waals surface area contributed by atoms with Gasteiger partial charge in [-0.2, -0.15) is 10.0 Å². The summed E-state index contributed by atoms with van der Waals surface area (Å²) in [5.41, 5.74) is 2.42. The van der Waals surface area contributed by atoms with Gasteiger partial charge in [0.1, 0.15) is 0 Å². The fourth-order valence-corrected chi connectivity index (χ4v) is 14.1. The molecule has 10 aromatic carbocycles. The van der Waals surface area contributed by atoms with E-state index in [1.807, 2.05) is 24.3 Å². The first kappa shape index (κ1) is 47.8. The summed E-state index contributed by atoms with van der Waals surface area (Å²) >= 11 is 0. The van der Waals surface area contributed by atoms with Crippen molar-refractivity contribution in [3.05, 3.63) is 142 Å². The fourth-order valence-electron chi connectivity index (χ4n) is 14.1. The van der Waals surface area contributed by atoms with E-state index >= 15 is 19.2 Å². The van der Waals surface area contributed by atoms with E-state index in [-0.39, 0.29) is 58.0 Å². The van der Waals surface area contributed by atoms with Crippen molar-refractivity contribution in [1.29, 1.82) is 0 Å². The molecule has 4 aliphatic heterocycles. The first-order valence-corrected chi connectivity index (χ1v) is 27.9. The Morgan fingerprint density at radius 1 is 0.256 bits per heavy atom. The van der Waals surface area contributed by atoms with Gasteiger partial charge >= 0.3 is 0 Å². The zero-order valence-corrected chi connectivity index (χ0v) is 43.9. The number of carbonyl (C=O) groups excluding carboxylic acids is 8. The molecule has 4 aliphatic rings. The largest absolute Gasteiger partial charge is 0.281 e. The van der Waals surface area contributed by atoms with Gasteiger partial charge in [0, 0.05) is 55.9 Å². The van der Waals surface area contributed by atoms with Gasteiger partial charge in [-0.3, -0.25) is 48.2 Å². The smallest absolute Gasteiger partial charge is 0.271 e. The molecule has 4 heterocycles. The maximum Gasteiger partial charge on any atom is 0.281 e. The molecule has 0 bridgehead atoms. The molecule has 78 heavy (non-hydrogen) atoms. The van der Waals surface area contributed by atoms with Crippen LogP contribution in [0.15, 0.2) is 97.1 Å². The monoisotopic (exact) mass is 1030 g/mol. The second-order valence-corrected chi connectivity index (χ2v) is 22.0. The third-order valence-corrected chi connectivity index (χ3v) is 17.8. The number of amides is 8. The van der Waals surface area contributed by atoms with Crippen LogP contribution in [0.25, 0.3) is 86.2 Å². The normalized spacial score (nSPS) is 15.6. The molecule has 0 aliphatic carbocycles. The Bertz CT molecular complexity index is 3900. The molecule has 0 atom stereocenters. The minimum absolute atomic E-state index is 0.135. The molecule has 0 saturated heterocycles. The Hall–Kier alpha value is -8.64. The number of rotatable bonds is 15. The molecule has 12 nitrogen and oxygen atoms in total. The molecule has 0 saturated carbocycles. The first-order chi connectivity index (χ1) is 37.9. The predicted molar refractivity (Wildman–Crippen MR) is 303 cm³/mol. The van der Waals surface area contributed by atoms with Gasteiger partial charge in [0.2, 0.25) is 0 Å². The molecule has 386 valence electrons. The van der Waals surface area contributed by atoms with E-state index in [1.165, 1.54) is 9.80 Å². The lowest BCUT2D eigenvalue weighted by atomic mass is 9.81. The second kappa shape index (κ2) is 17.4. The van der Waals surface area contributed by atoms with Crippen LogP contribution in [0.1, 0.15) is 188 Å². The van der Waals surface area contributed by atoms with Crippen LogP contribution < -0.4 is 0 Å². The molecular formula is C66H54N4O8. The van der Waals surface area contributed by atoms with Gasteiger partial charge in [0.05, 0.1) is 22.3 Å². The number of hydrogen-bond acceptors (Lipinski definition) is 8. The van der Waals surface area contributed by atoms with Crippen LogP contribution in [0.2, 0.25) is 0 Å². The summed E-state index contributed by atoms with van der Waals surface area (Å²) in [5.74, 6) is -4.53. The van der Waals surface area contributed by atoms with Crippen molar-refractivity contribution in [3.63, 3.8) is 0 Å².